The third kappa shape index (κ3) is 3.86. The minimum Gasteiger partial charge on any atom is -0.452 e. The average Bonchev–Trinajstić information content (AvgIpc) is 3.80. The molecule has 0 saturated carbocycles. The molecule has 48 heavy (non-hydrogen) atoms. The van der Waals surface area contributed by atoms with Crippen molar-refractivity contribution in [2.45, 2.75) is 5.41 Å². The number of furan rings is 1. The summed E-state index contributed by atoms with van der Waals surface area (Å²) in [5.41, 5.74) is 10.8. The summed E-state index contributed by atoms with van der Waals surface area (Å²) >= 11 is 0. The maximum Gasteiger partial charge on any atom is 0.200 e. The molecule has 2 aliphatic carbocycles. The number of rotatable bonds is 6. The van der Waals surface area contributed by atoms with Gasteiger partial charge in [0, 0.05) is 27.8 Å². The Morgan fingerprint density at radius 3 is 1.52 bits per heavy atom. The number of aromatic nitrogens is 3. The predicted molar refractivity (Wildman–Crippen MR) is 193 cm³/mol. The summed E-state index contributed by atoms with van der Waals surface area (Å²) in [7, 11) is 0. The van der Waals surface area contributed by atoms with Gasteiger partial charge in [-0.15, -0.1) is 0 Å². The van der Waals surface area contributed by atoms with Crippen LogP contribution in [0.4, 0.5) is 0 Å². The maximum absolute atomic E-state index is 7.13. The van der Waals surface area contributed by atoms with E-state index in [0.717, 1.165) is 61.4 Å². The number of hydrogen-bond donors (Lipinski definition) is 0. The second-order valence-corrected chi connectivity index (χ2v) is 12.0. The van der Waals surface area contributed by atoms with Crippen molar-refractivity contribution in [1.82, 2.24) is 15.0 Å². The van der Waals surface area contributed by atoms with Crippen LogP contribution in [0.1, 0.15) is 22.3 Å². The van der Waals surface area contributed by atoms with Gasteiger partial charge in [0.25, 0.3) is 0 Å². The van der Waals surface area contributed by atoms with E-state index < -0.39 is 5.41 Å². The van der Waals surface area contributed by atoms with Gasteiger partial charge < -0.3 is 4.42 Å². The highest BCUT2D eigenvalue weighted by Gasteiger charge is 2.55. The van der Waals surface area contributed by atoms with Crippen molar-refractivity contribution >= 4 is 5.57 Å². The Balaban J connectivity index is 1.45. The second kappa shape index (κ2) is 10.9. The third-order valence-electron chi connectivity index (χ3n) is 9.55. The number of benzene rings is 5. The number of hydrogen-bond acceptors (Lipinski definition) is 4. The molecule has 2 heterocycles. The third-order valence-corrected chi connectivity index (χ3v) is 9.55. The summed E-state index contributed by atoms with van der Waals surface area (Å²) in [6.07, 6.45) is 3.94. The van der Waals surface area contributed by atoms with Crippen LogP contribution in [-0.4, -0.2) is 15.0 Å². The van der Waals surface area contributed by atoms with E-state index in [1.165, 1.54) is 5.56 Å². The minimum atomic E-state index is -0.730. The van der Waals surface area contributed by atoms with Crippen LogP contribution in [-0.2, 0) is 5.41 Å². The van der Waals surface area contributed by atoms with Crippen LogP contribution in [0.25, 0.3) is 62.4 Å². The van der Waals surface area contributed by atoms with Crippen molar-refractivity contribution in [2.75, 3.05) is 0 Å². The number of nitrogens with zero attached hydrogens (tertiary/aromatic N) is 3. The quantitative estimate of drug-likeness (QED) is 0.187. The monoisotopic (exact) mass is 615 g/mol. The van der Waals surface area contributed by atoms with Crippen molar-refractivity contribution in [3.63, 3.8) is 0 Å². The smallest absolute Gasteiger partial charge is 0.200 e. The van der Waals surface area contributed by atoms with Gasteiger partial charge in [0.1, 0.15) is 5.76 Å². The highest BCUT2D eigenvalue weighted by Crippen LogP contribution is 2.66. The zero-order valence-corrected chi connectivity index (χ0v) is 26.1. The molecule has 0 amide bonds. The van der Waals surface area contributed by atoms with Gasteiger partial charge in [-0.1, -0.05) is 165 Å². The van der Waals surface area contributed by atoms with Gasteiger partial charge in [-0.25, -0.2) is 15.0 Å². The molecule has 1 atom stereocenters. The first kappa shape index (κ1) is 27.9. The lowest BCUT2D eigenvalue weighted by molar-refractivity contribution is 0.581. The molecule has 2 aliphatic rings. The van der Waals surface area contributed by atoms with Gasteiger partial charge in [0.15, 0.2) is 23.2 Å². The fourth-order valence-corrected chi connectivity index (χ4v) is 7.65. The van der Waals surface area contributed by atoms with Gasteiger partial charge in [0.2, 0.25) is 0 Å². The lowest BCUT2D eigenvalue weighted by atomic mass is 9.69. The molecule has 4 nitrogen and oxygen atoms in total. The first-order valence-corrected chi connectivity index (χ1v) is 16.0. The Labute approximate surface area is 279 Å². The van der Waals surface area contributed by atoms with Crippen molar-refractivity contribution in [2.24, 2.45) is 0 Å². The minimum absolute atomic E-state index is 0.473. The Bertz CT molecular complexity index is 2370. The molecule has 2 aromatic heterocycles. The lowest BCUT2D eigenvalue weighted by Crippen LogP contribution is -2.27. The molecule has 4 heteroatoms. The predicted octanol–water partition coefficient (Wildman–Crippen LogP) is 10.6. The summed E-state index contributed by atoms with van der Waals surface area (Å²) in [5.74, 6) is 3.01. The molecule has 1 unspecified atom stereocenters. The topological polar surface area (TPSA) is 51.8 Å². The van der Waals surface area contributed by atoms with Crippen LogP contribution in [0.3, 0.4) is 0 Å². The fraction of sp³-hybridized carbons (Fsp3) is 0.0227. The number of fused-ring (bicyclic) bond motifs is 7. The fourth-order valence-electron chi connectivity index (χ4n) is 7.65. The molecular formula is C44H29N3O. The van der Waals surface area contributed by atoms with E-state index in [1.807, 2.05) is 91.0 Å². The standard InChI is InChI=1S/C44H29N3O/c1-3-31-32-24-14-16-26-35(32)44(34(31)4-2)36-27-17-15-25-33(36)37-38(44)40(48-39(37)28-18-8-5-9-19-28)43-46-41(29-20-10-6-11-21-29)45-42(47-43)30-22-12-7-13-23-30/h3-27H,1-2H2. The summed E-state index contributed by atoms with van der Waals surface area (Å²) in [6.45, 7) is 8.65. The van der Waals surface area contributed by atoms with Gasteiger partial charge in [0.05, 0.1) is 5.41 Å². The zero-order valence-electron chi connectivity index (χ0n) is 26.1. The summed E-state index contributed by atoms with van der Waals surface area (Å²) in [4.78, 5) is 15.3. The number of allylic oxidation sites excluding steroid dienone is 4. The average molecular weight is 616 g/mol. The van der Waals surface area contributed by atoms with Crippen LogP contribution in [0, 0.1) is 0 Å². The molecular weight excluding hydrogens is 587 g/mol. The van der Waals surface area contributed by atoms with Crippen LogP contribution < -0.4 is 0 Å². The van der Waals surface area contributed by atoms with Crippen LogP contribution in [0.15, 0.2) is 175 Å². The molecule has 1 spiro atoms. The van der Waals surface area contributed by atoms with E-state index in [9.17, 15) is 0 Å². The largest absolute Gasteiger partial charge is 0.452 e. The van der Waals surface area contributed by atoms with Crippen molar-refractivity contribution in [1.29, 1.82) is 0 Å². The highest BCUT2D eigenvalue weighted by molar-refractivity contribution is 6.03. The molecule has 9 rings (SSSR count). The molecule has 0 bridgehead atoms. The molecule has 0 saturated heterocycles. The van der Waals surface area contributed by atoms with E-state index in [1.54, 1.807) is 0 Å². The first-order chi connectivity index (χ1) is 23.7. The Kier molecular flexibility index (Phi) is 6.31. The molecule has 5 aromatic carbocycles. The summed E-state index contributed by atoms with van der Waals surface area (Å²) in [6, 6.07) is 47.6. The van der Waals surface area contributed by atoms with Gasteiger partial charge in [-0.2, -0.15) is 0 Å². The molecule has 226 valence electrons. The van der Waals surface area contributed by atoms with Crippen molar-refractivity contribution < 1.29 is 4.42 Å². The van der Waals surface area contributed by atoms with E-state index in [0.29, 0.717) is 23.2 Å². The van der Waals surface area contributed by atoms with E-state index in [4.69, 9.17) is 19.4 Å². The second-order valence-electron chi connectivity index (χ2n) is 12.0. The lowest BCUT2D eigenvalue weighted by Gasteiger charge is -2.31. The molecule has 0 aliphatic heterocycles. The first-order valence-electron chi connectivity index (χ1n) is 16.0. The normalized spacial score (nSPS) is 15.7. The summed E-state index contributed by atoms with van der Waals surface area (Å²) < 4.78 is 7.13. The zero-order chi connectivity index (χ0) is 32.2. The van der Waals surface area contributed by atoms with E-state index >= 15 is 0 Å². The Morgan fingerprint density at radius 2 is 0.958 bits per heavy atom. The van der Waals surface area contributed by atoms with Crippen LogP contribution in [0.5, 0.6) is 0 Å². The van der Waals surface area contributed by atoms with E-state index in [2.05, 4.69) is 73.8 Å². The van der Waals surface area contributed by atoms with Crippen molar-refractivity contribution in [3.05, 3.63) is 193 Å². The summed E-state index contributed by atoms with van der Waals surface area (Å²) in [5, 5.41) is 0. The SMILES string of the molecule is C=CC1=C(C=C)C2(c3ccccc31)c1ccccc1-c1c(-c3ccccc3)oc(-c3nc(-c4ccccc4)nc(-c4ccccc4)n3)c12. The molecule has 0 radical (unpaired) electrons. The van der Waals surface area contributed by atoms with Gasteiger partial charge in [-0.3, -0.25) is 0 Å². The Hall–Kier alpha value is -6.39. The molecule has 7 aromatic rings. The molecule has 0 N–H and O–H groups in total. The van der Waals surface area contributed by atoms with Gasteiger partial charge >= 0.3 is 0 Å². The van der Waals surface area contributed by atoms with Gasteiger partial charge in [-0.05, 0) is 33.4 Å². The van der Waals surface area contributed by atoms with E-state index in [-0.39, 0.29) is 0 Å². The Morgan fingerprint density at radius 1 is 0.479 bits per heavy atom. The van der Waals surface area contributed by atoms with Crippen LogP contribution >= 0.6 is 0 Å². The van der Waals surface area contributed by atoms with Crippen molar-refractivity contribution in [3.8, 4) is 56.8 Å². The molecule has 0 fully saturated rings. The highest BCUT2D eigenvalue weighted by atomic mass is 16.3. The maximum atomic E-state index is 7.13. The van der Waals surface area contributed by atoms with Crippen LogP contribution in [0.2, 0.25) is 0 Å².